The van der Waals surface area contributed by atoms with Gasteiger partial charge < -0.3 is 5.32 Å². The van der Waals surface area contributed by atoms with Gasteiger partial charge in [-0.15, -0.1) is 0 Å². The first-order valence-corrected chi connectivity index (χ1v) is 5.66. The van der Waals surface area contributed by atoms with Crippen LogP contribution in [0.15, 0.2) is 22.7 Å². The molecule has 90 valence electrons. The molecule has 1 rings (SSSR count). The van der Waals surface area contributed by atoms with E-state index < -0.39 is 11.7 Å². The van der Waals surface area contributed by atoms with E-state index in [0.717, 1.165) is 17.7 Å². The van der Waals surface area contributed by atoms with Gasteiger partial charge in [0.25, 0.3) is 0 Å². The first kappa shape index (κ1) is 13.5. The number of halogens is 4. The lowest BCUT2D eigenvalue weighted by atomic mass is 10.1. The maximum absolute atomic E-state index is 12.4. The fourth-order valence-electron chi connectivity index (χ4n) is 1.32. The Morgan fingerprint density at radius 2 is 2.00 bits per heavy atom. The number of rotatable bonds is 3. The number of alkyl halides is 3. The topological polar surface area (TPSA) is 12.0 Å². The zero-order chi connectivity index (χ0) is 12.3. The SMILES string of the molecule is CNC(C)Cc1ccc(C(F)(F)F)cc1Br. The van der Waals surface area contributed by atoms with E-state index in [1.165, 1.54) is 6.07 Å². The molecule has 0 spiro atoms. The average Bonchev–Trinajstić information content (AvgIpc) is 2.19. The standard InChI is InChI=1S/C11H13BrF3N/c1-7(16-2)5-8-3-4-9(6-10(8)12)11(13,14)15/h3-4,6-7,16H,5H2,1-2H3. The van der Waals surface area contributed by atoms with Crippen LogP contribution in [0.4, 0.5) is 13.2 Å². The van der Waals surface area contributed by atoms with Gasteiger partial charge in [0, 0.05) is 10.5 Å². The van der Waals surface area contributed by atoms with E-state index in [4.69, 9.17) is 0 Å². The van der Waals surface area contributed by atoms with E-state index in [0.29, 0.717) is 10.9 Å². The molecule has 1 N–H and O–H groups in total. The predicted molar refractivity (Wildman–Crippen MR) is 61.4 cm³/mol. The maximum atomic E-state index is 12.4. The van der Waals surface area contributed by atoms with E-state index in [1.807, 2.05) is 14.0 Å². The molecule has 1 unspecified atom stereocenters. The third-order valence-corrected chi connectivity index (χ3v) is 3.14. The quantitative estimate of drug-likeness (QED) is 0.898. The largest absolute Gasteiger partial charge is 0.416 e. The summed E-state index contributed by atoms with van der Waals surface area (Å²) in [6, 6.07) is 3.98. The average molecular weight is 296 g/mol. The molecule has 1 nitrogen and oxygen atoms in total. The van der Waals surface area contributed by atoms with Crippen molar-refractivity contribution in [2.75, 3.05) is 7.05 Å². The Hall–Kier alpha value is -0.550. The first-order valence-electron chi connectivity index (χ1n) is 4.87. The Balaban J connectivity index is 2.92. The number of hydrogen-bond acceptors (Lipinski definition) is 1. The Morgan fingerprint density at radius 3 is 2.44 bits per heavy atom. The lowest BCUT2D eigenvalue weighted by molar-refractivity contribution is -0.137. The molecule has 0 radical (unpaired) electrons. The van der Waals surface area contributed by atoms with Gasteiger partial charge >= 0.3 is 6.18 Å². The van der Waals surface area contributed by atoms with Crippen molar-refractivity contribution in [3.05, 3.63) is 33.8 Å². The summed E-state index contributed by atoms with van der Waals surface area (Å²) in [6.07, 6.45) is -3.59. The van der Waals surface area contributed by atoms with Crippen LogP contribution in [0.2, 0.25) is 0 Å². The number of benzene rings is 1. The summed E-state index contributed by atoms with van der Waals surface area (Å²) in [6.45, 7) is 1.98. The molecule has 1 atom stereocenters. The molecule has 0 saturated carbocycles. The zero-order valence-corrected chi connectivity index (χ0v) is 10.6. The van der Waals surface area contributed by atoms with Gasteiger partial charge in [-0.25, -0.2) is 0 Å². The molecule has 0 fully saturated rings. The third-order valence-electron chi connectivity index (χ3n) is 2.40. The first-order chi connectivity index (χ1) is 7.34. The van der Waals surface area contributed by atoms with Crippen molar-refractivity contribution in [2.24, 2.45) is 0 Å². The Kier molecular flexibility index (Phi) is 4.38. The Labute approximate surface area is 101 Å². The van der Waals surface area contributed by atoms with Crippen molar-refractivity contribution < 1.29 is 13.2 Å². The van der Waals surface area contributed by atoms with Crippen molar-refractivity contribution >= 4 is 15.9 Å². The molecule has 1 aromatic rings. The van der Waals surface area contributed by atoms with E-state index in [1.54, 1.807) is 0 Å². The lowest BCUT2D eigenvalue weighted by Gasteiger charge is -2.13. The van der Waals surface area contributed by atoms with Crippen molar-refractivity contribution in [3.63, 3.8) is 0 Å². The summed E-state index contributed by atoms with van der Waals surface area (Å²) < 4.78 is 37.7. The van der Waals surface area contributed by atoms with Crippen LogP contribution >= 0.6 is 15.9 Å². The smallest absolute Gasteiger partial charge is 0.317 e. The highest BCUT2D eigenvalue weighted by atomic mass is 79.9. The van der Waals surface area contributed by atoms with E-state index in [-0.39, 0.29) is 6.04 Å². The van der Waals surface area contributed by atoms with E-state index in [2.05, 4.69) is 21.2 Å². The van der Waals surface area contributed by atoms with Gasteiger partial charge in [-0.3, -0.25) is 0 Å². The van der Waals surface area contributed by atoms with E-state index >= 15 is 0 Å². The van der Waals surface area contributed by atoms with Gasteiger partial charge in [0.1, 0.15) is 0 Å². The van der Waals surface area contributed by atoms with Crippen molar-refractivity contribution in [3.8, 4) is 0 Å². The predicted octanol–water partition coefficient (Wildman–Crippen LogP) is 3.62. The molecule has 0 amide bonds. The summed E-state index contributed by atoms with van der Waals surface area (Å²) in [7, 11) is 1.82. The highest BCUT2D eigenvalue weighted by Gasteiger charge is 2.30. The highest BCUT2D eigenvalue weighted by Crippen LogP contribution is 2.32. The second-order valence-corrected chi connectivity index (χ2v) is 4.55. The van der Waals surface area contributed by atoms with Crippen LogP contribution in [-0.2, 0) is 12.6 Å². The zero-order valence-electron chi connectivity index (χ0n) is 9.03. The van der Waals surface area contributed by atoms with Gasteiger partial charge in [0.15, 0.2) is 0 Å². The highest BCUT2D eigenvalue weighted by molar-refractivity contribution is 9.10. The Morgan fingerprint density at radius 1 is 1.38 bits per heavy atom. The monoisotopic (exact) mass is 295 g/mol. The van der Waals surface area contributed by atoms with Crippen LogP contribution in [0.25, 0.3) is 0 Å². The molecule has 0 aliphatic rings. The van der Waals surface area contributed by atoms with Gasteiger partial charge in [0.05, 0.1) is 5.56 Å². The van der Waals surface area contributed by atoms with Crippen LogP contribution in [0.1, 0.15) is 18.1 Å². The van der Waals surface area contributed by atoms with Crippen LogP contribution in [0, 0.1) is 0 Å². The normalized spacial score (nSPS) is 13.9. The maximum Gasteiger partial charge on any atom is 0.416 e. The molecule has 0 bridgehead atoms. The number of hydrogen-bond donors (Lipinski definition) is 1. The van der Waals surface area contributed by atoms with Crippen molar-refractivity contribution in [1.82, 2.24) is 5.32 Å². The minimum absolute atomic E-state index is 0.230. The van der Waals surface area contributed by atoms with Crippen LogP contribution in [0.5, 0.6) is 0 Å². The molecule has 1 aromatic carbocycles. The Bertz CT molecular complexity index is 363. The minimum atomic E-state index is -4.28. The van der Waals surface area contributed by atoms with Crippen molar-refractivity contribution in [2.45, 2.75) is 25.6 Å². The molecule has 0 aliphatic heterocycles. The van der Waals surface area contributed by atoms with Gasteiger partial charge in [-0.1, -0.05) is 22.0 Å². The fourth-order valence-corrected chi connectivity index (χ4v) is 1.86. The molecule has 0 aliphatic carbocycles. The van der Waals surface area contributed by atoms with Crippen LogP contribution < -0.4 is 5.32 Å². The second-order valence-electron chi connectivity index (χ2n) is 3.70. The van der Waals surface area contributed by atoms with Crippen LogP contribution in [-0.4, -0.2) is 13.1 Å². The molecule has 16 heavy (non-hydrogen) atoms. The fraction of sp³-hybridized carbons (Fsp3) is 0.455. The summed E-state index contributed by atoms with van der Waals surface area (Å²) in [5.41, 5.74) is 0.245. The third kappa shape index (κ3) is 3.49. The molecular formula is C11H13BrF3N. The molecule has 5 heteroatoms. The number of likely N-dealkylation sites (N-methyl/N-ethyl adjacent to an activating group) is 1. The van der Waals surface area contributed by atoms with Crippen LogP contribution in [0.3, 0.4) is 0 Å². The van der Waals surface area contributed by atoms with E-state index in [9.17, 15) is 13.2 Å². The van der Waals surface area contributed by atoms with Gasteiger partial charge in [0.2, 0.25) is 0 Å². The number of nitrogens with one attached hydrogen (secondary N) is 1. The molecular weight excluding hydrogens is 283 g/mol. The summed E-state index contributed by atoms with van der Waals surface area (Å²) in [4.78, 5) is 0. The molecule has 0 heterocycles. The summed E-state index contributed by atoms with van der Waals surface area (Å²) in [5, 5.41) is 3.04. The van der Waals surface area contributed by atoms with Gasteiger partial charge in [-0.2, -0.15) is 13.2 Å². The summed E-state index contributed by atoms with van der Waals surface area (Å²) in [5.74, 6) is 0. The summed E-state index contributed by atoms with van der Waals surface area (Å²) >= 11 is 3.17. The molecule has 0 saturated heterocycles. The molecule has 0 aromatic heterocycles. The van der Waals surface area contributed by atoms with Gasteiger partial charge in [-0.05, 0) is 38.1 Å². The second kappa shape index (κ2) is 5.19. The minimum Gasteiger partial charge on any atom is -0.317 e. The lowest BCUT2D eigenvalue weighted by Crippen LogP contribution is -2.23. The van der Waals surface area contributed by atoms with Crippen molar-refractivity contribution in [1.29, 1.82) is 0 Å².